The summed E-state index contributed by atoms with van der Waals surface area (Å²) in [6.07, 6.45) is 0.510. The maximum atomic E-state index is 14.1. The van der Waals surface area contributed by atoms with E-state index in [4.69, 9.17) is 0 Å². The van der Waals surface area contributed by atoms with Gasteiger partial charge in [0.15, 0.2) is 11.6 Å². The molecule has 166 valence electrons. The van der Waals surface area contributed by atoms with Crippen LogP contribution < -0.4 is 10.9 Å². The molecule has 1 fully saturated rings. The van der Waals surface area contributed by atoms with Gasteiger partial charge in [0, 0.05) is 49.6 Å². The SMILES string of the molecule is CC(C)N1CCNC(Cc2nc3cc(F)c(F)cc3c3[nH]n(-c4ccccc4)c(=O)c23)C1. The van der Waals surface area contributed by atoms with Crippen molar-refractivity contribution in [1.82, 2.24) is 25.0 Å². The minimum absolute atomic E-state index is 0.101. The molecule has 2 N–H and O–H groups in total. The molecule has 1 unspecified atom stereocenters. The number of nitrogens with one attached hydrogen (secondary N) is 2. The monoisotopic (exact) mass is 437 g/mol. The fourth-order valence-electron chi connectivity index (χ4n) is 4.53. The number of aromatic nitrogens is 3. The van der Waals surface area contributed by atoms with Crippen molar-refractivity contribution in [2.45, 2.75) is 32.4 Å². The second-order valence-corrected chi connectivity index (χ2v) is 8.62. The Balaban J connectivity index is 1.69. The molecule has 3 heterocycles. The molecule has 8 heteroatoms. The minimum Gasteiger partial charge on any atom is -0.311 e. The van der Waals surface area contributed by atoms with Gasteiger partial charge in [-0.25, -0.2) is 13.5 Å². The number of para-hydroxylation sites is 1. The molecule has 0 amide bonds. The predicted molar refractivity (Wildman–Crippen MR) is 121 cm³/mol. The van der Waals surface area contributed by atoms with Crippen molar-refractivity contribution in [2.24, 2.45) is 0 Å². The number of aromatic amines is 1. The smallest absolute Gasteiger partial charge is 0.280 e. The van der Waals surface area contributed by atoms with Crippen LogP contribution in [-0.4, -0.2) is 51.4 Å². The standard InChI is InChI=1S/C24H25F2N5O/c1-14(2)30-9-8-27-15(13-30)10-21-22-23(17-11-18(25)19(26)12-20(17)28-21)29-31(24(22)32)16-6-4-3-5-7-16/h3-7,11-12,14-15,27,29H,8-10,13H2,1-2H3. The van der Waals surface area contributed by atoms with Gasteiger partial charge in [-0.15, -0.1) is 0 Å². The summed E-state index contributed by atoms with van der Waals surface area (Å²) in [6, 6.07) is 11.9. The number of rotatable bonds is 4. The highest BCUT2D eigenvalue weighted by Crippen LogP contribution is 2.27. The molecule has 1 aliphatic heterocycles. The molecule has 0 saturated carbocycles. The molecule has 2 aromatic heterocycles. The van der Waals surface area contributed by atoms with Crippen LogP contribution in [0.4, 0.5) is 8.78 Å². The minimum atomic E-state index is -0.969. The first-order valence-electron chi connectivity index (χ1n) is 10.9. The van der Waals surface area contributed by atoms with Crippen molar-refractivity contribution in [2.75, 3.05) is 19.6 Å². The Hall–Kier alpha value is -3.10. The summed E-state index contributed by atoms with van der Waals surface area (Å²) in [7, 11) is 0. The molecule has 32 heavy (non-hydrogen) atoms. The first kappa shape index (κ1) is 20.8. The van der Waals surface area contributed by atoms with E-state index in [1.54, 1.807) is 0 Å². The number of fused-ring (bicyclic) bond motifs is 3. The van der Waals surface area contributed by atoms with Gasteiger partial charge in [-0.1, -0.05) is 18.2 Å². The number of piperazine rings is 1. The average Bonchev–Trinajstić information content (AvgIpc) is 3.14. The van der Waals surface area contributed by atoms with E-state index >= 15 is 0 Å². The van der Waals surface area contributed by atoms with E-state index in [2.05, 4.69) is 34.1 Å². The Bertz CT molecular complexity index is 1350. The van der Waals surface area contributed by atoms with E-state index in [-0.39, 0.29) is 11.6 Å². The number of benzene rings is 2. The van der Waals surface area contributed by atoms with Crippen LogP contribution in [0.25, 0.3) is 27.5 Å². The van der Waals surface area contributed by atoms with E-state index in [0.29, 0.717) is 45.6 Å². The molecule has 2 aromatic carbocycles. The Morgan fingerprint density at radius 1 is 1.16 bits per heavy atom. The first-order chi connectivity index (χ1) is 15.4. The maximum Gasteiger partial charge on any atom is 0.280 e. The summed E-state index contributed by atoms with van der Waals surface area (Å²) in [5.41, 5.74) is 1.78. The normalized spacial score (nSPS) is 17.6. The third kappa shape index (κ3) is 3.59. The van der Waals surface area contributed by atoms with Gasteiger partial charge in [0.25, 0.3) is 5.56 Å². The summed E-state index contributed by atoms with van der Waals surface area (Å²) in [5, 5.41) is 7.42. The van der Waals surface area contributed by atoms with E-state index < -0.39 is 11.6 Å². The largest absolute Gasteiger partial charge is 0.311 e. The third-order valence-electron chi connectivity index (χ3n) is 6.21. The molecule has 0 bridgehead atoms. The highest BCUT2D eigenvalue weighted by Gasteiger charge is 2.25. The number of nitrogens with zero attached hydrogens (tertiary/aromatic N) is 3. The average molecular weight is 437 g/mol. The van der Waals surface area contributed by atoms with Crippen molar-refractivity contribution in [3.8, 4) is 5.69 Å². The molecule has 1 saturated heterocycles. The van der Waals surface area contributed by atoms with E-state index in [0.717, 1.165) is 31.8 Å². The first-order valence-corrected chi connectivity index (χ1v) is 10.9. The van der Waals surface area contributed by atoms with Gasteiger partial charge < -0.3 is 5.32 Å². The fourth-order valence-corrected chi connectivity index (χ4v) is 4.53. The second kappa shape index (κ2) is 8.11. The molecule has 0 spiro atoms. The number of hydrogen-bond acceptors (Lipinski definition) is 4. The molecular formula is C24H25F2N5O. The van der Waals surface area contributed by atoms with Crippen LogP contribution in [0.3, 0.4) is 0 Å². The van der Waals surface area contributed by atoms with Gasteiger partial charge in [-0.05, 0) is 32.0 Å². The number of pyridine rings is 1. The van der Waals surface area contributed by atoms with Gasteiger partial charge in [0.2, 0.25) is 0 Å². The zero-order chi connectivity index (χ0) is 22.4. The Kier molecular flexibility index (Phi) is 5.27. The summed E-state index contributed by atoms with van der Waals surface area (Å²) >= 11 is 0. The fraction of sp³-hybridized carbons (Fsp3) is 0.333. The molecule has 6 nitrogen and oxygen atoms in total. The Morgan fingerprint density at radius 3 is 2.66 bits per heavy atom. The highest BCUT2D eigenvalue weighted by atomic mass is 19.2. The summed E-state index contributed by atoms with van der Waals surface area (Å²) in [5.74, 6) is -1.93. The zero-order valence-corrected chi connectivity index (χ0v) is 18.0. The van der Waals surface area contributed by atoms with Gasteiger partial charge >= 0.3 is 0 Å². The Morgan fingerprint density at radius 2 is 1.91 bits per heavy atom. The maximum absolute atomic E-state index is 14.1. The molecule has 0 radical (unpaired) electrons. The Labute approximate surface area is 183 Å². The number of halogens is 2. The lowest BCUT2D eigenvalue weighted by Crippen LogP contribution is -2.53. The molecular weight excluding hydrogens is 412 g/mol. The molecule has 1 aliphatic rings. The van der Waals surface area contributed by atoms with Crippen LogP contribution in [0.15, 0.2) is 47.3 Å². The van der Waals surface area contributed by atoms with Crippen LogP contribution in [0, 0.1) is 11.6 Å². The van der Waals surface area contributed by atoms with Crippen LogP contribution in [0.1, 0.15) is 19.5 Å². The third-order valence-corrected chi connectivity index (χ3v) is 6.21. The van der Waals surface area contributed by atoms with Crippen molar-refractivity contribution >= 4 is 21.8 Å². The van der Waals surface area contributed by atoms with E-state index in [1.807, 2.05) is 30.3 Å². The van der Waals surface area contributed by atoms with Crippen LogP contribution in [-0.2, 0) is 6.42 Å². The topological polar surface area (TPSA) is 66.0 Å². The van der Waals surface area contributed by atoms with E-state index in [1.165, 1.54) is 4.68 Å². The zero-order valence-electron chi connectivity index (χ0n) is 18.0. The van der Waals surface area contributed by atoms with Gasteiger partial charge in [0.05, 0.1) is 27.8 Å². The molecule has 1 atom stereocenters. The summed E-state index contributed by atoms with van der Waals surface area (Å²) < 4.78 is 29.5. The molecule has 5 rings (SSSR count). The van der Waals surface area contributed by atoms with Crippen molar-refractivity contribution in [1.29, 1.82) is 0 Å². The quantitative estimate of drug-likeness (QED) is 0.514. The highest BCUT2D eigenvalue weighted by molar-refractivity contribution is 6.04. The van der Waals surface area contributed by atoms with Crippen molar-refractivity contribution in [3.63, 3.8) is 0 Å². The van der Waals surface area contributed by atoms with Crippen molar-refractivity contribution < 1.29 is 8.78 Å². The lowest BCUT2D eigenvalue weighted by molar-refractivity contribution is 0.161. The number of H-pyrrole nitrogens is 1. The molecule has 4 aromatic rings. The molecule has 0 aliphatic carbocycles. The summed E-state index contributed by atoms with van der Waals surface area (Å²) in [6.45, 7) is 6.96. The summed E-state index contributed by atoms with van der Waals surface area (Å²) in [4.78, 5) is 20.5. The van der Waals surface area contributed by atoms with Gasteiger partial charge in [-0.2, -0.15) is 0 Å². The lowest BCUT2D eigenvalue weighted by Gasteiger charge is -2.36. The van der Waals surface area contributed by atoms with Crippen molar-refractivity contribution in [3.05, 3.63) is 70.1 Å². The van der Waals surface area contributed by atoms with Crippen LogP contribution in [0.5, 0.6) is 0 Å². The van der Waals surface area contributed by atoms with Gasteiger partial charge in [0.1, 0.15) is 0 Å². The number of hydrogen-bond donors (Lipinski definition) is 2. The second-order valence-electron chi connectivity index (χ2n) is 8.62. The predicted octanol–water partition coefficient (Wildman–Crippen LogP) is 3.37. The van der Waals surface area contributed by atoms with E-state index in [9.17, 15) is 13.6 Å². The van der Waals surface area contributed by atoms with Crippen LogP contribution >= 0.6 is 0 Å². The lowest BCUT2D eigenvalue weighted by atomic mass is 10.0. The van der Waals surface area contributed by atoms with Crippen LogP contribution in [0.2, 0.25) is 0 Å². The van der Waals surface area contributed by atoms with Gasteiger partial charge in [-0.3, -0.25) is 19.8 Å².